The fraction of sp³-hybridized carbons (Fsp3) is 0.722. The lowest BCUT2D eigenvalue weighted by molar-refractivity contribution is -0.148. The minimum Gasteiger partial charge on any atom is -0.491 e. The first-order valence-electron chi connectivity index (χ1n) is 8.82. The van der Waals surface area contributed by atoms with Crippen molar-refractivity contribution in [2.75, 3.05) is 40.0 Å². The van der Waals surface area contributed by atoms with Crippen LogP contribution in [-0.2, 0) is 14.3 Å². The molecule has 0 amide bonds. The number of allylic oxidation sites excluding steroid dienone is 1. The Morgan fingerprint density at radius 1 is 1.00 bits per heavy atom. The lowest BCUT2D eigenvalue weighted by atomic mass is 10.0. The van der Waals surface area contributed by atoms with Gasteiger partial charge in [-0.15, -0.1) is 0 Å². The first-order valence-corrected chi connectivity index (χ1v) is 8.82. The van der Waals surface area contributed by atoms with Crippen LogP contribution in [0.4, 0.5) is 0 Å². The van der Waals surface area contributed by atoms with Crippen LogP contribution in [0.15, 0.2) is 24.5 Å². The van der Waals surface area contributed by atoms with Gasteiger partial charge in [0, 0.05) is 13.1 Å². The summed E-state index contributed by atoms with van der Waals surface area (Å²) in [5, 5.41) is 56.9. The normalized spacial score (nSPS) is 16.8. The molecule has 5 atom stereocenters. The average molecular weight is 407 g/mol. The maximum atomic E-state index is 11.7. The quantitative estimate of drug-likeness (QED) is 0.0994. The standard InChI is InChI=1S/C18H33NO9/c1-11(2)12(3)27-9-13(21)10-28-16(24)5-6-19(4)7-14(22)17(25)18(26)15(23)8-20/h13-15,17-18,20-23,25-26H,1,3,5-10H2,2,4H3. The first-order chi connectivity index (χ1) is 13.0. The van der Waals surface area contributed by atoms with Gasteiger partial charge >= 0.3 is 5.97 Å². The molecule has 0 rings (SSSR count). The SMILES string of the molecule is C=C(C)C(=C)OCC(O)COC(=O)CCN(C)CC(O)C(O)C(O)C(O)CO. The Kier molecular flexibility index (Phi) is 12.9. The van der Waals surface area contributed by atoms with E-state index in [1.807, 2.05) is 0 Å². The molecule has 0 aliphatic heterocycles. The number of ether oxygens (including phenoxy) is 2. The molecule has 0 bridgehead atoms. The number of esters is 1. The molecule has 0 aromatic rings. The van der Waals surface area contributed by atoms with Crippen molar-refractivity contribution in [3.05, 3.63) is 24.5 Å². The molecule has 0 radical (unpaired) electrons. The molecule has 0 spiro atoms. The number of hydrogen-bond acceptors (Lipinski definition) is 10. The number of aliphatic hydroxyl groups excluding tert-OH is 6. The Bertz CT molecular complexity index is 499. The molecular formula is C18H33NO9. The molecule has 0 aliphatic rings. The van der Waals surface area contributed by atoms with E-state index in [1.165, 1.54) is 4.90 Å². The third-order valence-electron chi connectivity index (χ3n) is 3.88. The molecule has 5 unspecified atom stereocenters. The summed E-state index contributed by atoms with van der Waals surface area (Å²) in [5.41, 5.74) is 0.623. The summed E-state index contributed by atoms with van der Waals surface area (Å²) >= 11 is 0. The summed E-state index contributed by atoms with van der Waals surface area (Å²) in [6.45, 7) is 7.93. The molecule has 164 valence electrons. The number of nitrogens with zero attached hydrogens (tertiary/aromatic N) is 1. The van der Waals surface area contributed by atoms with E-state index in [9.17, 15) is 30.3 Å². The van der Waals surface area contributed by atoms with Crippen LogP contribution in [0.25, 0.3) is 0 Å². The molecule has 28 heavy (non-hydrogen) atoms. The summed E-state index contributed by atoms with van der Waals surface area (Å²) in [6, 6.07) is 0. The molecule has 0 saturated heterocycles. The van der Waals surface area contributed by atoms with Crippen molar-refractivity contribution in [1.82, 2.24) is 4.90 Å². The van der Waals surface area contributed by atoms with E-state index < -0.39 is 43.1 Å². The number of carbonyl (C=O) groups is 1. The van der Waals surface area contributed by atoms with Crippen LogP contribution in [0.2, 0.25) is 0 Å². The second-order valence-corrected chi connectivity index (χ2v) is 6.66. The monoisotopic (exact) mass is 407 g/mol. The molecule has 0 saturated carbocycles. The Hall–Kier alpha value is -1.53. The highest BCUT2D eigenvalue weighted by atomic mass is 16.5. The van der Waals surface area contributed by atoms with Crippen LogP contribution >= 0.6 is 0 Å². The fourth-order valence-electron chi connectivity index (χ4n) is 1.99. The van der Waals surface area contributed by atoms with Gasteiger partial charge < -0.3 is 45.0 Å². The van der Waals surface area contributed by atoms with Gasteiger partial charge in [-0.2, -0.15) is 0 Å². The van der Waals surface area contributed by atoms with Crippen LogP contribution in [0.1, 0.15) is 13.3 Å². The predicted octanol–water partition coefficient (Wildman–Crippen LogP) is -2.25. The summed E-state index contributed by atoms with van der Waals surface area (Å²) in [7, 11) is 1.57. The summed E-state index contributed by atoms with van der Waals surface area (Å²) in [6.07, 6.45) is -7.41. The van der Waals surface area contributed by atoms with Gasteiger partial charge in [0.2, 0.25) is 0 Å². The van der Waals surface area contributed by atoms with Gasteiger partial charge in [-0.05, 0) is 19.5 Å². The highest BCUT2D eigenvalue weighted by Crippen LogP contribution is 2.07. The first kappa shape index (κ1) is 26.5. The lowest BCUT2D eigenvalue weighted by Gasteiger charge is -2.28. The topological polar surface area (TPSA) is 160 Å². The van der Waals surface area contributed by atoms with Crippen LogP contribution < -0.4 is 0 Å². The summed E-state index contributed by atoms with van der Waals surface area (Å²) < 4.78 is 10.1. The number of likely N-dealkylation sites (N-methyl/N-ethyl adjacent to an activating group) is 1. The molecule has 10 heteroatoms. The fourth-order valence-corrected chi connectivity index (χ4v) is 1.99. The van der Waals surface area contributed by atoms with Gasteiger partial charge in [0.05, 0.1) is 19.1 Å². The van der Waals surface area contributed by atoms with Crippen molar-refractivity contribution < 1.29 is 44.9 Å². The van der Waals surface area contributed by atoms with Crippen molar-refractivity contribution in [3.8, 4) is 0 Å². The maximum absolute atomic E-state index is 11.7. The Morgan fingerprint density at radius 3 is 2.07 bits per heavy atom. The largest absolute Gasteiger partial charge is 0.491 e. The smallest absolute Gasteiger partial charge is 0.307 e. The van der Waals surface area contributed by atoms with Gasteiger partial charge in [0.1, 0.15) is 43.4 Å². The Labute approximate surface area is 164 Å². The van der Waals surface area contributed by atoms with E-state index in [0.29, 0.717) is 11.3 Å². The van der Waals surface area contributed by atoms with E-state index in [2.05, 4.69) is 13.2 Å². The average Bonchev–Trinajstić information content (AvgIpc) is 2.66. The third-order valence-corrected chi connectivity index (χ3v) is 3.88. The number of hydrogen-bond donors (Lipinski definition) is 6. The molecule has 10 nitrogen and oxygen atoms in total. The zero-order valence-electron chi connectivity index (χ0n) is 16.4. The second kappa shape index (κ2) is 13.6. The van der Waals surface area contributed by atoms with Gasteiger partial charge in [0.15, 0.2) is 0 Å². The molecule has 0 aromatic heterocycles. The Balaban J connectivity index is 4.11. The number of rotatable bonds is 15. The van der Waals surface area contributed by atoms with Crippen molar-refractivity contribution >= 4 is 5.97 Å². The molecule has 0 aromatic carbocycles. The van der Waals surface area contributed by atoms with Gasteiger partial charge in [-0.3, -0.25) is 4.79 Å². The molecule has 0 aliphatic carbocycles. The van der Waals surface area contributed by atoms with Gasteiger partial charge in [-0.25, -0.2) is 0 Å². The van der Waals surface area contributed by atoms with Gasteiger partial charge in [0.25, 0.3) is 0 Å². The maximum Gasteiger partial charge on any atom is 0.307 e. The van der Waals surface area contributed by atoms with Crippen LogP contribution in [0.3, 0.4) is 0 Å². The highest BCUT2D eigenvalue weighted by Gasteiger charge is 2.30. The minimum absolute atomic E-state index is 0.0345. The highest BCUT2D eigenvalue weighted by molar-refractivity contribution is 5.69. The van der Waals surface area contributed by atoms with Crippen molar-refractivity contribution in [1.29, 1.82) is 0 Å². The van der Waals surface area contributed by atoms with Crippen LogP contribution in [0.5, 0.6) is 0 Å². The van der Waals surface area contributed by atoms with Crippen LogP contribution in [-0.4, -0.2) is 112 Å². The minimum atomic E-state index is -1.71. The Morgan fingerprint density at radius 2 is 1.54 bits per heavy atom. The van der Waals surface area contributed by atoms with E-state index >= 15 is 0 Å². The molecule has 0 fully saturated rings. The van der Waals surface area contributed by atoms with Crippen LogP contribution in [0, 0.1) is 0 Å². The van der Waals surface area contributed by atoms with Gasteiger partial charge in [-0.1, -0.05) is 13.2 Å². The van der Waals surface area contributed by atoms with E-state index in [0.717, 1.165) is 0 Å². The van der Waals surface area contributed by atoms with E-state index in [4.69, 9.17) is 14.6 Å². The predicted molar refractivity (Wildman–Crippen MR) is 100 cm³/mol. The van der Waals surface area contributed by atoms with E-state index in [-0.39, 0.29) is 32.7 Å². The molecule has 6 N–H and O–H groups in total. The zero-order valence-corrected chi connectivity index (χ0v) is 16.4. The summed E-state index contributed by atoms with van der Waals surface area (Å²) in [4.78, 5) is 13.2. The summed E-state index contributed by atoms with van der Waals surface area (Å²) in [5.74, 6) is -0.236. The second-order valence-electron chi connectivity index (χ2n) is 6.66. The number of carbonyl (C=O) groups excluding carboxylic acids is 1. The lowest BCUT2D eigenvalue weighted by Crippen LogP contribution is -2.49. The molecule has 0 heterocycles. The zero-order chi connectivity index (χ0) is 21.9. The van der Waals surface area contributed by atoms with Crippen molar-refractivity contribution in [3.63, 3.8) is 0 Å². The number of aliphatic hydroxyl groups is 6. The van der Waals surface area contributed by atoms with Crippen molar-refractivity contribution in [2.24, 2.45) is 0 Å². The van der Waals surface area contributed by atoms with Crippen molar-refractivity contribution in [2.45, 2.75) is 43.9 Å². The van der Waals surface area contributed by atoms with E-state index in [1.54, 1.807) is 14.0 Å². The third kappa shape index (κ3) is 10.7. The molecular weight excluding hydrogens is 374 g/mol.